The highest BCUT2D eigenvalue weighted by atomic mass is 16.3. The van der Waals surface area contributed by atoms with Gasteiger partial charge in [-0.25, -0.2) is 9.97 Å². The highest BCUT2D eigenvalue weighted by Crippen LogP contribution is 2.43. The number of nitriles is 1. The first kappa shape index (κ1) is 28.9. The number of fused-ring (bicyclic) bond motifs is 8. The largest absolute Gasteiger partial charge is 0.455 e. The second kappa shape index (κ2) is 11.5. The second-order valence-electron chi connectivity index (χ2n) is 12.9. The van der Waals surface area contributed by atoms with Crippen LogP contribution < -0.4 is 0 Å². The molecule has 0 aliphatic heterocycles. The first-order valence-electron chi connectivity index (χ1n) is 17.0. The first-order chi connectivity index (χ1) is 25.2. The summed E-state index contributed by atoms with van der Waals surface area (Å²) < 4.78 is 6.60. The van der Waals surface area contributed by atoms with E-state index in [1.165, 1.54) is 0 Å². The van der Waals surface area contributed by atoms with Crippen LogP contribution in [0, 0.1) is 11.3 Å². The Morgan fingerprint density at radius 3 is 1.82 bits per heavy atom. The zero-order valence-corrected chi connectivity index (χ0v) is 27.3. The number of rotatable bonds is 4. The van der Waals surface area contributed by atoms with Gasteiger partial charge in [0.1, 0.15) is 11.2 Å². The van der Waals surface area contributed by atoms with Gasteiger partial charge in [-0.15, -0.1) is 0 Å². The van der Waals surface area contributed by atoms with Crippen molar-refractivity contribution in [1.82, 2.24) is 9.97 Å². The molecular weight excluding hydrogens is 623 g/mol. The number of hydrogen-bond acceptors (Lipinski definition) is 4. The van der Waals surface area contributed by atoms with Gasteiger partial charge in [0.2, 0.25) is 0 Å². The zero-order chi connectivity index (χ0) is 33.9. The molecule has 0 spiro atoms. The van der Waals surface area contributed by atoms with E-state index in [2.05, 4.69) is 115 Å². The molecule has 7 aromatic carbocycles. The lowest BCUT2D eigenvalue weighted by atomic mass is 9.92. The Morgan fingerprint density at radius 2 is 1.08 bits per heavy atom. The SMILES string of the molecule is N#Cc1ccc(-c2cccc3oc4c5ccccc5c(-c5cccc(-c6ccc7ccc8ccc(-c9ccccc9)nc8c7n6)c5)cc4c23)cc1. The summed E-state index contributed by atoms with van der Waals surface area (Å²) in [5.41, 5.74) is 12.4. The van der Waals surface area contributed by atoms with Crippen LogP contribution >= 0.6 is 0 Å². The summed E-state index contributed by atoms with van der Waals surface area (Å²) in [5, 5.41) is 15.8. The normalized spacial score (nSPS) is 11.5. The van der Waals surface area contributed by atoms with Crippen LogP contribution in [0.4, 0.5) is 0 Å². The molecule has 0 amide bonds. The topological polar surface area (TPSA) is 62.7 Å². The smallest absolute Gasteiger partial charge is 0.143 e. The van der Waals surface area contributed by atoms with Crippen LogP contribution in [0.2, 0.25) is 0 Å². The van der Waals surface area contributed by atoms with Crippen molar-refractivity contribution in [3.63, 3.8) is 0 Å². The van der Waals surface area contributed by atoms with Crippen molar-refractivity contribution in [3.8, 4) is 50.8 Å². The van der Waals surface area contributed by atoms with Crippen molar-refractivity contribution >= 4 is 54.5 Å². The number of aromatic nitrogens is 2. The molecule has 0 atom stereocenters. The predicted molar refractivity (Wildman–Crippen MR) is 208 cm³/mol. The minimum atomic E-state index is 0.637. The Hall–Kier alpha value is -7.09. The molecule has 4 nitrogen and oxygen atoms in total. The van der Waals surface area contributed by atoms with Gasteiger partial charge in [0.25, 0.3) is 0 Å². The van der Waals surface area contributed by atoms with E-state index >= 15 is 0 Å². The standard InChI is InChI=1S/C47H27N3O/c48-28-29-16-18-30(19-17-29)36-14-7-15-43-44(36)40-27-39(37-12-4-5-13-38(37)47(40)51-43)34-10-6-11-35(26-34)42-25-23-33-21-20-32-22-24-41(31-8-2-1-3-9-31)49-45(32)46(33)50-42/h1-27H. The molecule has 10 rings (SSSR count). The average molecular weight is 650 g/mol. The van der Waals surface area contributed by atoms with Crippen molar-refractivity contribution in [2.24, 2.45) is 0 Å². The molecule has 4 heteroatoms. The predicted octanol–water partition coefficient (Wildman–Crippen LogP) is 12.4. The van der Waals surface area contributed by atoms with Gasteiger partial charge in [-0.3, -0.25) is 0 Å². The Bertz CT molecular complexity index is 3030. The summed E-state index contributed by atoms with van der Waals surface area (Å²) in [6.45, 7) is 0. The summed E-state index contributed by atoms with van der Waals surface area (Å²) in [6, 6.07) is 58.5. The summed E-state index contributed by atoms with van der Waals surface area (Å²) in [7, 11) is 0. The lowest BCUT2D eigenvalue weighted by Crippen LogP contribution is -1.91. The van der Waals surface area contributed by atoms with Gasteiger partial charge in [-0.05, 0) is 70.1 Å². The zero-order valence-electron chi connectivity index (χ0n) is 27.3. The third kappa shape index (κ3) is 4.75. The molecule has 0 saturated heterocycles. The van der Waals surface area contributed by atoms with E-state index in [-0.39, 0.29) is 0 Å². The number of nitrogens with zero attached hydrogens (tertiary/aromatic N) is 3. The highest BCUT2D eigenvalue weighted by Gasteiger charge is 2.18. The molecule has 3 aromatic heterocycles. The van der Waals surface area contributed by atoms with Gasteiger partial charge >= 0.3 is 0 Å². The Balaban J connectivity index is 1.15. The maximum atomic E-state index is 9.38. The fraction of sp³-hybridized carbons (Fsp3) is 0. The number of furan rings is 1. The Kier molecular flexibility index (Phi) is 6.52. The third-order valence-corrected chi connectivity index (χ3v) is 9.89. The lowest BCUT2D eigenvalue weighted by Gasteiger charge is -2.11. The summed E-state index contributed by atoms with van der Waals surface area (Å²) in [6.07, 6.45) is 0. The lowest BCUT2D eigenvalue weighted by molar-refractivity contribution is 0.673. The minimum Gasteiger partial charge on any atom is -0.455 e. The van der Waals surface area contributed by atoms with E-state index in [0.717, 1.165) is 99.3 Å². The summed E-state index contributed by atoms with van der Waals surface area (Å²) in [5.74, 6) is 0. The molecule has 10 aromatic rings. The van der Waals surface area contributed by atoms with E-state index in [0.29, 0.717) is 5.56 Å². The maximum Gasteiger partial charge on any atom is 0.143 e. The van der Waals surface area contributed by atoms with Gasteiger partial charge in [0, 0.05) is 38.1 Å². The van der Waals surface area contributed by atoms with Crippen molar-refractivity contribution in [3.05, 3.63) is 169 Å². The Morgan fingerprint density at radius 1 is 0.451 bits per heavy atom. The number of hydrogen-bond donors (Lipinski definition) is 0. The molecule has 0 bridgehead atoms. The maximum absolute atomic E-state index is 9.38. The van der Waals surface area contributed by atoms with Crippen LogP contribution in [0.5, 0.6) is 0 Å². The van der Waals surface area contributed by atoms with Gasteiger partial charge in [-0.1, -0.05) is 121 Å². The monoisotopic (exact) mass is 649 g/mol. The quantitative estimate of drug-likeness (QED) is 0.178. The van der Waals surface area contributed by atoms with Crippen molar-refractivity contribution in [2.75, 3.05) is 0 Å². The van der Waals surface area contributed by atoms with Gasteiger partial charge in [-0.2, -0.15) is 5.26 Å². The fourth-order valence-electron chi connectivity index (χ4n) is 7.40. The summed E-state index contributed by atoms with van der Waals surface area (Å²) >= 11 is 0. The van der Waals surface area contributed by atoms with Gasteiger partial charge < -0.3 is 4.42 Å². The second-order valence-corrected chi connectivity index (χ2v) is 12.9. The molecule has 0 N–H and O–H groups in total. The van der Waals surface area contributed by atoms with Crippen LogP contribution in [-0.4, -0.2) is 9.97 Å². The third-order valence-electron chi connectivity index (χ3n) is 9.89. The first-order valence-corrected chi connectivity index (χ1v) is 17.0. The summed E-state index contributed by atoms with van der Waals surface area (Å²) in [4.78, 5) is 10.4. The van der Waals surface area contributed by atoms with E-state index < -0.39 is 0 Å². The van der Waals surface area contributed by atoms with Crippen LogP contribution in [-0.2, 0) is 0 Å². The van der Waals surface area contributed by atoms with E-state index in [4.69, 9.17) is 14.4 Å². The van der Waals surface area contributed by atoms with E-state index in [9.17, 15) is 5.26 Å². The molecule has 0 saturated carbocycles. The molecule has 51 heavy (non-hydrogen) atoms. The fourth-order valence-corrected chi connectivity index (χ4v) is 7.40. The Labute approximate surface area is 293 Å². The van der Waals surface area contributed by atoms with Crippen LogP contribution in [0.3, 0.4) is 0 Å². The van der Waals surface area contributed by atoms with Crippen molar-refractivity contribution < 1.29 is 4.42 Å². The van der Waals surface area contributed by atoms with E-state index in [1.807, 2.05) is 54.6 Å². The van der Waals surface area contributed by atoms with Crippen molar-refractivity contribution in [2.45, 2.75) is 0 Å². The molecule has 0 unspecified atom stereocenters. The molecule has 0 fully saturated rings. The van der Waals surface area contributed by atoms with Crippen LogP contribution in [0.25, 0.3) is 99.3 Å². The highest BCUT2D eigenvalue weighted by molar-refractivity contribution is 6.22. The molecule has 0 radical (unpaired) electrons. The number of pyridine rings is 2. The minimum absolute atomic E-state index is 0.637. The van der Waals surface area contributed by atoms with Gasteiger partial charge in [0.05, 0.1) is 34.1 Å². The van der Waals surface area contributed by atoms with Gasteiger partial charge in [0.15, 0.2) is 0 Å². The molecule has 0 aliphatic rings. The van der Waals surface area contributed by atoms with Crippen LogP contribution in [0.15, 0.2) is 168 Å². The van der Waals surface area contributed by atoms with Crippen molar-refractivity contribution in [1.29, 1.82) is 5.26 Å². The molecule has 236 valence electrons. The van der Waals surface area contributed by atoms with E-state index in [1.54, 1.807) is 0 Å². The molecule has 3 heterocycles. The number of benzene rings is 7. The molecule has 0 aliphatic carbocycles. The average Bonchev–Trinajstić information content (AvgIpc) is 3.60. The van der Waals surface area contributed by atoms with Crippen LogP contribution in [0.1, 0.15) is 5.56 Å². The molecular formula is C47H27N3O.